The monoisotopic (exact) mass is 643 g/mol. The summed E-state index contributed by atoms with van der Waals surface area (Å²) in [5.74, 6) is 0. The third-order valence-electron chi connectivity index (χ3n) is 7.31. The van der Waals surface area contributed by atoms with Crippen molar-refractivity contribution >= 4 is 65.3 Å². The van der Waals surface area contributed by atoms with Crippen molar-refractivity contribution in [1.82, 2.24) is 0 Å². The number of nitro benzene ring substituents is 1. The number of aryl methyl sites for hydroxylation is 1. The summed E-state index contributed by atoms with van der Waals surface area (Å²) >= 11 is 11.0. The second-order valence-electron chi connectivity index (χ2n) is 10.2. The van der Waals surface area contributed by atoms with Crippen molar-refractivity contribution in [2.75, 3.05) is 0 Å². The summed E-state index contributed by atoms with van der Waals surface area (Å²) in [6.45, 7) is 1.99. The largest absolute Gasteiger partial charge is 0.488 e. The SMILES string of the molecule is Cc1c(B(O)O)ccc2c1CCCC2.O=[N+]([O-])c1cccc(Cl)c1Cl.c1ccc(P(c2ccccc2)c2ccccc2)cc1. The van der Waals surface area contributed by atoms with Gasteiger partial charge in [0.2, 0.25) is 0 Å². The zero-order valence-electron chi connectivity index (χ0n) is 24.3. The Bertz CT molecular complexity index is 1560. The molecule has 1 aliphatic carbocycles. The minimum atomic E-state index is -1.33. The van der Waals surface area contributed by atoms with Crippen LogP contribution in [0.4, 0.5) is 5.69 Å². The maximum atomic E-state index is 10.2. The minimum absolute atomic E-state index is 0.0147. The molecule has 0 aliphatic heterocycles. The Morgan fingerprint density at radius 1 is 0.705 bits per heavy atom. The summed E-state index contributed by atoms with van der Waals surface area (Å²) < 4.78 is 0. The van der Waals surface area contributed by atoms with E-state index in [-0.39, 0.29) is 15.7 Å². The number of benzene rings is 5. The molecule has 5 nitrogen and oxygen atoms in total. The molecular formula is C35H33BCl2NO4P. The Labute approximate surface area is 270 Å². The van der Waals surface area contributed by atoms with E-state index in [0.717, 1.165) is 18.4 Å². The topological polar surface area (TPSA) is 83.6 Å². The number of halogens is 2. The predicted molar refractivity (Wildman–Crippen MR) is 186 cm³/mol. The molecule has 0 saturated carbocycles. The average Bonchev–Trinajstić information content (AvgIpc) is 3.05. The minimum Gasteiger partial charge on any atom is -0.423 e. The maximum absolute atomic E-state index is 10.2. The molecule has 0 spiro atoms. The van der Waals surface area contributed by atoms with Crippen LogP contribution in [0.15, 0.2) is 121 Å². The van der Waals surface area contributed by atoms with Crippen LogP contribution >= 0.6 is 31.1 Å². The van der Waals surface area contributed by atoms with Gasteiger partial charge in [-0.1, -0.05) is 132 Å². The average molecular weight is 644 g/mol. The molecule has 9 heteroatoms. The lowest BCUT2D eigenvalue weighted by Gasteiger charge is -2.20. The van der Waals surface area contributed by atoms with E-state index in [2.05, 4.69) is 91.0 Å². The third-order valence-corrected chi connectivity index (χ3v) is 10.6. The van der Waals surface area contributed by atoms with Gasteiger partial charge in [-0.3, -0.25) is 10.1 Å². The molecule has 0 aromatic heterocycles. The Kier molecular flexibility index (Phi) is 12.5. The van der Waals surface area contributed by atoms with Crippen molar-refractivity contribution in [1.29, 1.82) is 0 Å². The summed E-state index contributed by atoms with van der Waals surface area (Å²) in [6.07, 6.45) is 4.70. The van der Waals surface area contributed by atoms with Gasteiger partial charge in [0.25, 0.3) is 5.69 Å². The zero-order valence-corrected chi connectivity index (χ0v) is 26.7. The number of hydrogen-bond donors (Lipinski definition) is 2. The first-order valence-corrected chi connectivity index (χ1v) is 16.4. The number of fused-ring (bicyclic) bond motifs is 1. The fourth-order valence-corrected chi connectivity index (χ4v) is 7.79. The van der Waals surface area contributed by atoms with Gasteiger partial charge in [-0.05, 0) is 84.7 Å². The molecule has 224 valence electrons. The molecule has 0 radical (unpaired) electrons. The molecule has 2 N–H and O–H groups in total. The summed E-state index contributed by atoms with van der Waals surface area (Å²) in [5.41, 5.74) is 4.28. The van der Waals surface area contributed by atoms with Gasteiger partial charge in [-0.2, -0.15) is 0 Å². The molecule has 0 fully saturated rings. The van der Waals surface area contributed by atoms with Crippen molar-refractivity contribution in [3.63, 3.8) is 0 Å². The van der Waals surface area contributed by atoms with E-state index < -0.39 is 20.0 Å². The van der Waals surface area contributed by atoms with Gasteiger partial charge in [-0.25, -0.2) is 0 Å². The van der Waals surface area contributed by atoms with Crippen LogP contribution in [0.25, 0.3) is 0 Å². The highest BCUT2D eigenvalue weighted by molar-refractivity contribution is 7.79. The van der Waals surface area contributed by atoms with E-state index in [9.17, 15) is 10.1 Å². The van der Waals surface area contributed by atoms with Crippen LogP contribution in [0.1, 0.15) is 29.5 Å². The Hall–Kier alpha value is -3.51. The maximum Gasteiger partial charge on any atom is 0.488 e. The summed E-state index contributed by atoms with van der Waals surface area (Å²) in [7, 11) is -1.78. The van der Waals surface area contributed by atoms with E-state index in [1.54, 1.807) is 0 Å². The fourth-order valence-electron chi connectivity index (χ4n) is 5.12. The lowest BCUT2D eigenvalue weighted by atomic mass is 9.73. The summed E-state index contributed by atoms with van der Waals surface area (Å²) in [6, 6.07) is 40.5. The van der Waals surface area contributed by atoms with Gasteiger partial charge in [-0.15, -0.1) is 0 Å². The van der Waals surface area contributed by atoms with Crippen molar-refractivity contribution in [3.05, 3.63) is 158 Å². The number of nitro groups is 1. The smallest absolute Gasteiger partial charge is 0.423 e. The van der Waals surface area contributed by atoms with Crippen LogP contribution in [0, 0.1) is 17.0 Å². The summed E-state index contributed by atoms with van der Waals surface area (Å²) in [5, 5.41) is 32.9. The standard InChI is InChI=1S/C18H15P.C11H15BO2.C6H3Cl2NO2/c1-4-10-16(11-5-1)19(17-12-6-2-7-13-17)18-14-8-3-9-15-18;1-8-10-5-3-2-4-9(10)6-7-11(8)12(13)14;7-4-2-1-3-5(6(4)8)9(10)11/h1-15H;6-7,13-14H,2-5H2,1H3;1-3H. The Morgan fingerprint density at radius 3 is 1.66 bits per heavy atom. The zero-order chi connectivity index (χ0) is 31.5. The molecule has 6 rings (SSSR count). The highest BCUT2D eigenvalue weighted by Crippen LogP contribution is 2.32. The third kappa shape index (κ3) is 8.78. The molecule has 5 aromatic rings. The van der Waals surface area contributed by atoms with Gasteiger partial charge in [0.15, 0.2) is 0 Å². The van der Waals surface area contributed by atoms with Crippen molar-refractivity contribution in [3.8, 4) is 0 Å². The first-order chi connectivity index (χ1) is 21.3. The van der Waals surface area contributed by atoms with E-state index >= 15 is 0 Å². The second-order valence-corrected chi connectivity index (χ2v) is 13.2. The van der Waals surface area contributed by atoms with E-state index in [1.165, 1.54) is 58.1 Å². The van der Waals surface area contributed by atoms with Crippen LogP contribution in [0.3, 0.4) is 0 Å². The number of hydrogen-bond acceptors (Lipinski definition) is 4. The summed E-state index contributed by atoms with van der Waals surface area (Å²) in [4.78, 5) is 9.66. The molecule has 0 atom stereocenters. The van der Waals surface area contributed by atoms with Crippen molar-refractivity contribution in [2.24, 2.45) is 0 Å². The molecule has 0 unspecified atom stereocenters. The van der Waals surface area contributed by atoms with E-state index in [0.29, 0.717) is 5.46 Å². The quantitative estimate of drug-likeness (QED) is 0.0945. The lowest BCUT2D eigenvalue weighted by molar-refractivity contribution is -0.384. The molecule has 1 aliphatic rings. The van der Waals surface area contributed by atoms with Crippen LogP contribution in [0.2, 0.25) is 10.0 Å². The molecule has 0 bridgehead atoms. The first kappa shape index (κ1) is 33.4. The van der Waals surface area contributed by atoms with Crippen LogP contribution in [-0.4, -0.2) is 22.1 Å². The molecule has 44 heavy (non-hydrogen) atoms. The van der Waals surface area contributed by atoms with E-state index in [4.69, 9.17) is 33.2 Å². The molecule has 0 saturated heterocycles. The van der Waals surface area contributed by atoms with Gasteiger partial charge < -0.3 is 10.0 Å². The van der Waals surface area contributed by atoms with Gasteiger partial charge in [0, 0.05) is 6.07 Å². The highest BCUT2D eigenvalue weighted by atomic mass is 35.5. The Balaban J connectivity index is 0.000000157. The van der Waals surface area contributed by atoms with Gasteiger partial charge >= 0.3 is 7.12 Å². The highest BCUT2D eigenvalue weighted by Gasteiger charge is 2.20. The van der Waals surface area contributed by atoms with Crippen molar-refractivity contribution < 1.29 is 15.0 Å². The number of rotatable bonds is 5. The van der Waals surface area contributed by atoms with Crippen LogP contribution in [-0.2, 0) is 12.8 Å². The molecule has 0 amide bonds. The predicted octanol–water partition coefficient (Wildman–Crippen LogP) is 6.90. The fraction of sp³-hybridized carbons (Fsp3) is 0.143. The first-order valence-electron chi connectivity index (χ1n) is 14.3. The normalized spacial score (nSPS) is 11.8. The van der Waals surface area contributed by atoms with Crippen molar-refractivity contribution in [2.45, 2.75) is 32.6 Å². The second kappa shape index (κ2) is 16.5. The van der Waals surface area contributed by atoms with Crippen LogP contribution < -0.4 is 21.4 Å². The van der Waals surface area contributed by atoms with E-state index in [1.807, 2.05) is 19.1 Å². The molecule has 0 heterocycles. The molecular weight excluding hydrogens is 611 g/mol. The van der Waals surface area contributed by atoms with Gasteiger partial charge in [0.1, 0.15) is 5.02 Å². The lowest BCUT2D eigenvalue weighted by Crippen LogP contribution is -2.33. The number of nitrogens with zero attached hydrogens (tertiary/aromatic N) is 1. The van der Waals surface area contributed by atoms with Gasteiger partial charge in [0.05, 0.1) is 9.95 Å². The molecule has 5 aromatic carbocycles. The Morgan fingerprint density at radius 2 is 1.20 bits per heavy atom. The van der Waals surface area contributed by atoms with Crippen LogP contribution in [0.5, 0.6) is 0 Å².